The van der Waals surface area contributed by atoms with Crippen LogP contribution in [0.15, 0.2) is 24.5 Å². The van der Waals surface area contributed by atoms with E-state index in [1.165, 1.54) is 0 Å². The van der Waals surface area contributed by atoms with Crippen LogP contribution in [-0.4, -0.2) is 29.1 Å². The van der Waals surface area contributed by atoms with E-state index in [4.69, 9.17) is 17.0 Å². The van der Waals surface area contributed by atoms with Gasteiger partial charge in [0.2, 0.25) is 0 Å². The number of ether oxygens (including phenoxy) is 1. The van der Waals surface area contributed by atoms with Crippen LogP contribution in [0.1, 0.15) is 51.0 Å². The van der Waals surface area contributed by atoms with Gasteiger partial charge in [0, 0.05) is 25.9 Å². The van der Waals surface area contributed by atoms with Crippen LogP contribution in [0.4, 0.5) is 0 Å². The molecule has 4 nitrogen and oxygen atoms in total. The van der Waals surface area contributed by atoms with Gasteiger partial charge >= 0.3 is 5.97 Å². The van der Waals surface area contributed by atoms with E-state index in [-0.39, 0.29) is 12.1 Å². The maximum absolute atomic E-state index is 12.0. The van der Waals surface area contributed by atoms with Crippen LogP contribution in [0.25, 0.3) is 0 Å². The van der Waals surface area contributed by atoms with E-state index in [0.29, 0.717) is 6.42 Å². The minimum absolute atomic E-state index is 0.137. The van der Waals surface area contributed by atoms with Crippen LogP contribution in [0.5, 0.6) is 0 Å². The standard InChI is InChI=1S/C17H24N2O2S/c1-3-7-15(20)21-14-9-4-5-10-17(14,16(22)18-2)13-8-6-11-19-12-13/h6,8,11-12,14H,3-5,7,9-10H2,1-2H3,(H,18,22). The lowest BCUT2D eigenvalue weighted by Gasteiger charge is -2.43. The third-order valence-electron chi connectivity index (χ3n) is 4.37. The van der Waals surface area contributed by atoms with E-state index in [1.807, 2.05) is 32.3 Å². The van der Waals surface area contributed by atoms with E-state index in [2.05, 4.69) is 10.3 Å². The number of pyridine rings is 1. The molecule has 22 heavy (non-hydrogen) atoms. The first-order chi connectivity index (χ1) is 10.6. The summed E-state index contributed by atoms with van der Waals surface area (Å²) in [6.07, 6.45) is 8.46. The smallest absolute Gasteiger partial charge is 0.306 e. The summed E-state index contributed by atoms with van der Waals surface area (Å²) in [5.41, 5.74) is 0.573. The van der Waals surface area contributed by atoms with Crippen molar-refractivity contribution in [1.29, 1.82) is 0 Å². The summed E-state index contributed by atoms with van der Waals surface area (Å²) >= 11 is 5.63. The molecule has 1 aromatic heterocycles. The fraction of sp³-hybridized carbons (Fsp3) is 0.588. The second-order valence-electron chi connectivity index (χ2n) is 5.77. The number of nitrogens with zero attached hydrogens (tertiary/aromatic N) is 1. The summed E-state index contributed by atoms with van der Waals surface area (Å²) in [5, 5.41) is 3.12. The SMILES string of the molecule is CCCC(=O)OC1CCCCC1(C(=S)NC)c1cccnc1. The number of likely N-dealkylation sites (N-methyl/N-ethyl adjacent to an activating group) is 1. The minimum atomic E-state index is -0.458. The Bertz CT molecular complexity index is 521. The van der Waals surface area contributed by atoms with Crippen molar-refractivity contribution in [2.45, 2.75) is 57.0 Å². The number of aromatic nitrogens is 1. The van der Waals surface area contributed by atoms with Gasteiger partial charge in [0.05, 0.1) is 10.4 Å². The van der Waals surface area contributed by atoms with Gasteiger partial charge in [0.25, 0.3) is 0 Å². The number of esters is 1. The summed E-state index contributed by atoms with van der Waals surface area (Å²) in [5.74, 6) is -0.137. The molecular weight excluding hydrogens is 296 g/mol. The average Bonchev–Trinajstić information content (AvgIpc) is 2.55. The first kappa shape index (κ1) is 16.9. The zero-order chi connectivity index (χ0) is 16.0. The zero-order valence-electron chi connectivity index (χ0n) is 13.3. The molecule has 0 aromatic carbocycles. The minimum Gasteiger partial charge on any atom is -0.461 e. The van der Waals surface area contributed by atoms with Crippen molar-refractivity contribution in [2.75, 3.05) is 7.05 Å². The van der Waals surface area contributed by atoms with Crippen LogP contribution in [0.3, 0.4) is 0 Å². The Morgan fingerprint density at radius 2 is 2.36 bits per heavy atom. The highest BCUT2D eigenvalue weighted by atomic mass is 32.1. The predicted molar refractivity (Wildman–Crippen MR) is 90.8 cm³/mol. The maximum Gasteiger partial charge on any atom is 0.306 e. The Balaban J connectivity index is 2.39. The molecule has 1 heterocycles. The molecule has 1 fully saturated rings. The molecule has 0 amide bonds. The van der Waals surface area contributed by atoms with Gasteiger partial charge in [-0.3, -0.25) is 9.78 Å². The Morgan fingerprint density at radius 1 is 1.55 bits per heavy atom. The van der Waals surface area contributed by atoms with Crippen molar-refractivity contribution < 1.29 is 9.53 Å². The van der Waals surface area contributed by atoms with Gasteiger partial charge in [-0.1, -0.05) is 31.6 Å². The largest absolute Gasteiger partial charge is 0.461 e. The highest BCUT2D eigenvalue weighted by molar-refractivity contribution is 7.80. The monoisotopic (exact) mass is 320 g/mol. The van der Waals surface area contributed by atoms with Crippen LogP contribution in [-0.2, 0) is 14.9 Å². The second kappa shape index (κ2) is 7.68. The normalized spacial score (nSPS) is 24.5. The van der Waals surface area contributed by atoms with Crippen LogP contribution in [0.2, 0.25) is 0 Å². The second-order valence-corrected chi connectivity index (χ2v) is 6.17. The number of carbonyl (C=O) groups excluding carboxylic acids is 1. The molecule has 1 aromatic rings. The van der Waals surface area contributed by atoms with Crippen molar-refractivity contribution >= 4 is 23.2 Å². The zero-order valence-corrected chi connectivity index (χ0v) is 14.1. The van der Waals surface area contributed by atoms with E-state index in [1.54, 1.807) is 6.20 Å². The lowest BCUT2D eigenvalue weighted by atomic mass is 9.67. The number of thiocarbonyl (C=S) groups is 1. The molecule has 0 spiro atoms. The Hall–Kier alpha value is -1.49. The Morgan fingerprint density at radius 3 is 3.00 bits per heavy atom. The van der Waals surface area contributed by atoms with Crippen LogP contribution < -0.4 is 5.32 Å². The molecule has 2 rings (SSSR count). The van der Waals surface area contributed by atoms with Crippen molar-refractivity contribution in [3.63, 3.8) is 0 Å². The summed E-state index contributed by atoms with van der Waals surface area (Å²) in [7, 11) is 1.83. The first-order valence-electron chi connectivity index (χ1n) is 7.97. The fourth-order valence-corrected chi connectivity index (χ4v) is 3.64. The Kier molecular flexibility index (Phi) is 5.89. The number of rotatable bonds is 5. The van der Waals surface area contributed by atoms with E-state index in [9.17, 15) is 4.79 Å². The summed E-state index contributed by atoms with van der Waals surface area (Å²) in [6.45, 7) is 1.98. The van der Waals surface area contributed by atoms with Crippen molar-refractivity contribution in [1.82, 2.24) is 10.3 Å². The molecule has 2 atom stereocenters. The lowest BCUT2D eigenvalue weighted by molar-refractivity contribution is -0.153. The van der Waals surface area contributed by atoms with Crippen LogP contribution in [0, 0.1) is 0 Å². The summed E-state index contributed by atoms with van der Waals surface area (Å²) < 4.78 is 5.83. The number of hydrogen-bond acceptors (Lipinski definition) is 4. The summed E-state index contributed by atoms with van der Waals surface area (Å²) in [6, 6.07) is 3.94. The molecule has 1 aliphatic rings. The lowest BCUT2D eigenvalue weighted by Crippen LogP contribution is -2.53. The van der Waals surface area contributed by atoms with Crippen LogP contribution >= 0.6 is 12.2 Å². The van der Waals surface area contributed by atoms with Gasteiger partial charge < -0.3 is 10.1 Å². The first-order valence-corrected chi connectivity index (χ1v) is 8.38. The third-order valence-corrected chi connectivity index (χ3v) is 4.94. The maximum atomic E-state index is 12.0. The van der Waals surface area contributed by atoms with Crippen molar-refractivity contribution in [2.24, 2.45) is 0 Å². The highest BCUT2D eigenvalue weighted by Gasteiger charge is 2.48. The van der Waals surface area contributed by atoms with Gasteiger partial charge in [-0.2, -0.15) is 0 Å². The predicted octanol–water partition coefficient (Wildman–Crippen LogP) is 3.15. The molecule has 1 saturated carbocycles. The highest BCUT2D eigenvalue weighted by Crippen LogP contribution is 2.42. The molecule has 1 aliphatic carbocycles. The number of carbonyl (C=O) groups is 1. The van der Waals surface area contributed by atoms with Gasteiger partial charge in [0.15, 0.2) is 0 Å². The Labute approximate surface area is 137 Å². The molecule has 0 radical (unpaired) electrons. The molecule has 2 unspecified atom stereocenters. The van der Waals surface area contributed by atoms with E-state index in [0.717, 1.165) is 42.7 Å². The quantitative estimate of drug-likeness (QED) is 0.667. The molecule has 0 bridgehead atoms. The van der Waals surface area contributed by atoms with E-state index < -0.39 is 5.41 Å². The summed E-state index contributed by atoms with van der Waals surface area (Å²) in [4.78, 5) is 17.0. The van der Waals surface area contributed by atoms with E-state index >= 15 is 0 Å². The number of nitrogens with one attached hydrogen (secondary N) is 1. The molecule has 0 aliphatic heterocycles. The van der Waals surface area contributed by atoms with Gasteiger partial charge in [-0.05, 0) is 37.3 Å². The fourth-order valence-electron chi connectivity index (χ4n) is 3.29. The molecule has 1 N–H and O–H groups in total. The van der Waals surface area contributed by atoms with Crippen molar-refractivity contribution in [3.05, 3.63) is 30.1 Å². The average molecular weight is 320 g/mol. The number of hydrogen-bond donors (Lipinski definition) is 1. The molecule has 5 heteroatoms. The molecule has 0 saturated heterocycles. The topological polar surface area (TPSA) is 51.2 Å². The third kappa shape index (κ3) is 3.29. The van der Waals surface area contributed by atoms with Gasteiger partial charge in [0.1, 0.15) is 6.10 Å². The van der Waals surface area contributed by atoms with Crippen molar-refractivity contribution in [3.8, 4) is 0 Å². The molecule has 120 valence electrons. The van der Waals surface area contributed by atoms with Gasteiger partial charge in [-0.25, -0.2) is 0 Å². The van der Waals surface area contributed by atoms with Gasteiger partial charge in [-0.15, -0.1) is 0 Å². The molecular formula is C17H24N2O2S.